The molecule has 0 N–H and O–H groups in total. The molecule has 0 amide bonds. The van der Waals surface area contributed by atoms with Gasteiger partial charge in [-0.2, -0.15) is 5.10 Å². The van der Waals surface area contributed by atoms with Gasteiger partial charge in [-0.3, -0.25) is 9.80 Å². The molecule has 104 valence electrons. The van der Waals surface area contributed by atoms with Crippen molar-refractivity contribution in [3.8, 4) is 0 Å². The molecule has 1 aromatic rings. The lowest BCUT2D eigenvalue weighted by molar-refractivity contribution is 0.161. The van der Waals surface area contributed by atoms with Crippen LogP contribution in [-0.2, 0) is 6.54 Å². The molecule has 3 heterocycles. The van der Waals surface area contributed by atoms with E-state index in [4.69, 9.17) is 11.6 Å². The first-order chi connectivity index (χ1) is 9.31. The zero-order valence-corrected chi connectivity index (χ0v) is 12.0. The van der Waals surface area contributed by atoms with Gasteiger partial charge < -0.3 is 0 Å². The van der Waals surface area contributed by atoms with Crippen molar-refractivity contribution < 1.29 is 0 Å². The van der Waals surface area contributed by atoms with Crippen molar-refractivity contribution in [2.75, 3.05) is 26.2 Å². The van der Waals surface area contributed by atoms with Gasteiger partial charge in [-0.05, 0) is 44.5 Å². The van der Waals surface area contributed by atoms with E-state index in [0.29, 0.717) is 5.15 Å². The third-order valence-electron chi connectivity index (χ3n) is 4.23. The third kappa shape index (κ3) is 3.44. The standard InChI is InChI=1S/C14H21ClN4/c15-14-5-4-12(16-17-14)10-18-9-6-13(11-18)19-7-2-1-3-8-19/h4-5,13H,1-3,6-11H2. The lowest BCUT2D eigenvalue weighted by Gasteiger charge is -2.32. The number of hydrogen-bond acceptors (Lipinski definition) is 4. The lowest BCUT2D eigenvalue weighted by Crippen LogP contribution is -2.40. The summed E-state index contributed by atoms with van der Waals surface area (Å²) in [4.78, 5) is 5.16. The van der Waals surface area contributed by atoms with Crippen LogP contribution in [0.2, 0.25) is 5.15 Å². The summed E-state index contributed by atoms with van der Waals surface area (Å²) < 4.78 is 0. The van der Waals surface area contributed by atoms with Gasteiger partial charge in [0.15, 0.2) is 5.15 Å². The van der Waals surface area contributed by atoms with E-state index in [1.807, 2.05) is 12.1 Å². The molecule has 0 spiro atoms. The van der Waals surface area contributed by atoms with E-state index in [-0.39, 0.29) is 0 Å². The molecule has 0 aliphatic carbocycles. The van der Waals surface area contributed by atoms with Crippen LogP contribution in [0.25, 0.3) is 0 Å². The Hall–Kier alpha value is -0.710. The van der Waals surface area contributed by atoms with E-state index >= 15 is 0 Å². The first-order valence-electron chi connectivity index (χ1n) is 7.26. The molecule has 3 rings (SSSR count). The summed E-state index contributed by atoms with van der Waals surface area (Å²) in [6.07, 6.45) is 5.45. The Morgan fingerprint density at radius 2 is 1.95 bits per heavy atom. The van der Waals surface area contributed by atoms with E-state index in [1.54, 1.807) is 0 Å². The van der Waals surface area contributed by atoms with Crippen LogP contribution in [0.3, 0.4) is 0 Å². The van der Waals surface area contributed by atoms with Crippen molar-refractivity contribution >= 4 is 11.6 Å². The molecule has 1 aromatic heterocycles. The molecule has 2 aliphatic heterocycles. The monoisotopic (exact) mass is 280 g/mol. The van der Waals surface area contributed by atoms with Crippen LogP contribution in [0.1, 0.15) is 31.4 Å². The predicted octanol–water partition coefficient (Wildman–Crippen LogP) is 2.19. The molecule has 0 bridgehead atoms. The molecule has 0 radical (unpaired) electrons. The summed E-state index contributed by atoms with van der Waals surface area (Å²) >= 11 is 5.76. The van der Waals surface area contributed by atoms with Crippen LogP contribution in [0.15, 0.2) is 12.1 Å². The smallest absolute Gasteiger partial charge is 0.151 e. The molecule has 1 atom stereocenters. The quantitative estimate of drug-likeness (QED) is 0.850. The topological polar surface area (TPSA) is 32.3 Å². The molecular weight excluding hydrogens is 260 g/mol. The van der Waals surface area contributed by atoms with Gasteiger partial charge in [-0.1, -0.05) is 18.0 Å². The number of aromatic nitrogens is 2. The summed E-state index contributed by atoms with van der Waals surface area (Å²) in [7, 11) is 0. The van der Waals surface area contributed by atoms with Gasteiger partial charge in [0.25, 0.3) is 0 Å². The van der Waals surface area contributed by atoms with Gasteiger partial charge in [0.1, 0.15) is 0 Å². The van der Waals surface area contributed by atoms with E-state index in [0.717, 1.165) is 18.3 Å². The summed E-state index contributed by atoms with van der Waals surface area (Å²) in [6.45, 7) is 5.82. The lowest BCUT2D eigenvalue weighted by atomic mass is 10.1. The van der Waals surface area contributed by atoms with Crippen molar-refractivity contribution in [2.45, 2.75) is 38.3 Å². The normalized spacial score (nSPS) is 25.8. The van der Waals surface area contributed by atoms with E-state index in [1.165, 1.54) is 51.9 Å². The minimum Gasteiger partial charge on any atom is -0.299 e. The first-order valence-corrected chi connectivity index (χ1v) is 7.63. The van der Waals surface area contributed by atoms with Gasteiger partial charge in [-0.15, -0.1) is 5.10 Å². The Labute approximate surface area is 119 Å². The maximum Gasteiger partial charge on any atom is 0.151 e. The predicted molar refractivity (Wildman–Crippen MR) is 76.1 cm³/mol. The average molecular weight is 281 g/mol. The van der Waals surface area contributed by atoms with Crippen molar-refractivity contribution in [3.05, 3.63) is 23.0 Å². The van der Waals surface area contributed by atoms with Crippen LogP contribution in [0.4, 0.5) is 0 Å². The SMILES string of the molecule is Clc1ccc(CN2CCC(N3CCCCC3)C2)nn1. The Balaban J connectivity index is 1.52. The van der Waals surface area contributed by atoms with E-state index in [2.05, 4.69) is 20.0 Å². The molecule has 5 heteroatoms. The van der Waals surface area contributed by atoms with Crippen molar-refractivity contribution in [1.29, 1.82) is 0 Å². The summed E-state index contributed by atoms with van der Waals surface area (Å²) in [5.74, 6) is 0. The van der Waals surface area contributed by atoms with E-state index < -0.39 is 0 Å². The highest BCUT2D eigenvalue weighted by molar-refractivity contribution is 6.29. The zero-order valence-electron chi connectivity index (χ0n) is 11.3. The first kappa shape index (κ1) is 13.3. The Kier molecular flexibility index (Phi) is 4.31. The van der Waals surface area contributed by atoms with Crippen molar-refractivity contribution in [3.63, 3.8) is 0 Å². The minimum atomic E-state index is 0.469. The molecule has 19 heavy (non-hydrogen) atoms. The second-order valence-corrected chi connectivity index (χ2v) is 6.01. The fraction of sp³-hybridized carbons (Fsp3) is 0.714. The molecule has 0 aromatic carbocycles. The van der Waals surface area contributed by atoms with Crippen molar-refractivity contribution in [2.24, 2.45) is 0 Å². The maximum absolute atomic E-state index is 5.76. The maximum atomic E-state index is 5.76. The number of likely N-dealkylation sites (tertiary alicyclic amines) is 2. The summed E-state index contributed by atoms with van der Waals surface area (Å²) in [6, 6.07) is 4.55. The van der Waals surface area contributed by atoms with Crippen LogP contribution in [0, 0.1) is 0 Å². The summed E-state index contributed by atoms with van der Waals surface area (Å²) in [5.41, 5.74) is 1.02. The van der Waals surface area contributed by atoms with Crippen molar-refractivity contribution in [1.82, 2.24) is 20.0 Å². The Morgan fingerprint density at radius 3 is 2.68 bits per heavy atom. The molecule has 2 fully saturated rings. The van der Waals surface area contributed by atoms with Gasteiger partial charge >= 0.3 is 0 Å². The van der Waals surface area contributed by atoms with Crippen LogP contribution in [-0.4, -0.2) is 52.2 Å². The number of hydrogen-bond donors (Lipinski definition) is 0. The fourth-order valence-corrected chi connectivity index (χ4v) is 3.30. The average Bonchev–Trinajstić information content (AvgIpc) is 2.91. The van der Waals surface area contributed by atoms with Gasteiger partial charge in [0, 0.05) is 25.7 Å². The van der Waals surface area contributed by atoms with Crippen LogP contribution >= 0.6 is 11.6 Å². The van der Waals surface area contributed by atoms with Gasteiger partial charge in [-0.25, -0.2) is 0 Å². The van der Waals surface area contributed by atoms with E-state index in [9.17, 15) is 0 Å². The highest BCUT2D eigenvalue weighted by atomic mass is 35.5. The zero-order chi connectivity index (χ0) is 13.1. The van der Waals surface area contributed by atoms with Crippen LogP contribution in [0.5, 0.6) is 0 Å². The Morgan fingerprint density at radius 1 is 1.11 bits per heavy atom. The minimum absolute atomic E-state index is 0.469. The molecule has 2 saturated heterocycles. The number of rotatable bonds is 3. The molecular formula is C14H21ClN4. The Bertz CT molecular complexity index is 402. The highest BCUT2D eigenvalue weighted by Gasteiger charge is 2.28. The van der Waals surface area contributed by atoms with Crippen LogP contribution < -0.4 is 0 Å². The largest absolute Gasteiger partial charge is 0.299 e. The third-order valence-corrected chi connectivity index (χ3v) is 4.43. The summed E-state index contributed by atoms with van der Waals surface area (Å²) in [5, 5.41) is 8.52. The van der Waals surface area contributed by atoms with Gasteiger partial charge in [0.2, 0.25) is 0 Å². The molecule has 4 nitrogen and oxygen atoms in total. The van der Waals surface area contributed by atoms with Gasteiger partial charge in [0.05, 0.1) is 5.69 Å². The number of halogens is 1. The molecule has 2 aliphatic rings. The molecule has 0 saturated carbocycles. The fourth-order valence-electron chi connectivity index (χ4n) is 3.19. The number of piperidine rings is 1. The molecule has 1 unspecified atom stereocenters. The second kappa shape index (κ2) is 6.16. The highest BCUT2D eigenvalue weighted by Crippen LogP contribution is 2.21. The number of nitrogens with zero attached hydrogens (tertiary/aromatic N) is 4. The second-order valence-electron chi connectivity index (χ2n) is 5.62.